The predicted octanol–water partition coefficient (Wildman–Crippen LogP) is 6.48. The van der Waals surface area contributed by atoms with E-state index in [1.165, 1.54) is 51.4 Å². The lowest BCUT2D eigenvalue weighted by molar-refractivity contribution is -0.215. The molecule has 0 spiro atoms. The Balaban J connectivity index is 1.47. The van der Waals surface area contributed by atoms with Crippen molar-refractivity contribution in [2.24, 2.45) is 17.8 Å². The Hall–Kier alpha value is -1.07. The molecule has 1 aliphatic carbocycles. The number of hydrogen-bond acceptors (Lipinski definition) is 2. The van der Waals surface area contributed by atoms with Crippen molar-refractivity contribution in [1.82, 2.24) is 0 Å². The predicted molar refractivity (Wildman–Crippen MR) is 98.9 cm³/mol. The summed E-state index contributed by atoms with van der Waals surface area (Å²) in [6.45, 7) is 2.17. The van der Waals surface area contributed by atoms with E-state index in [0.29, 0.717) is 25.0 Å². The quantitative estimate of drug-likeness (QED) is 0.501. The lowest BCUT2D eigenvalue weighted by Crippen LogP contribution is -2.34. The van der Waals surface area contributed by atoms with Gasteiger partial charge in [-0.05, 0) is 36.8 Å². The van der Waals surface area contributed by atoms with Gasteiger partial charge in [-0.1, -0.05) is 45.4 Å². The first-order valence-electron chi connectivity index (χ1n) is 10.4. The Morgan fingerprint density at radius 1 is 0.926 bits per heavy atom. The standard InChI is InChI=1S/C22H31F3O2/c1-2-3-4-5-15-6-8-16(9-7-15)18-13-26-22(27-14-18)17-10-20(24)19(12-23)21(25)11-17/h10-11,15-16,18,22H,2-9,12-14H2,1H3. The average Bonchev–Trinajstić information content (AvgIpc) is 2.69. The van der Waals surface area contributed by atoms with Gasteiger partial charge < -0.3 is 9.47 Å². The van der Waals surface area contributed by atoms with Crippen LogP contribution in [0.15, 0.2) is 12.1 Å². The van der Waals surface area contributed by atoms with E-state index < -0.39 is 30.2 Å². The van der Waals surface area contributed by atoms with Gasteiger partial charge in [0, 0.05) is 11.5 Å². The minimum absolute atomic E-state index is 0.278. The first-order chi connectivity index (χ1) is 13.1. The third-order valence-corrected chi connectivity index (χ3v) is 6.27. The van der Waals surface area contributed by atoms with Crippen molar-refractivity contribution in [3.63, 3.8) is 0 Å². The van der Waals surface area contributed by atoms with Gasteiger partial charge in [-0.2, -0.15) is 0 Å². The molecule has 2 nitrogen and oxygen atoms in total. The van der Waals surface area contributed by atoms with Crippen molar-refractivity contribution in [1.29, 1.82) is 0 Å². The van der Waals surface area contributed by atoms with E-state index >= 15 is 0 Å². The van der Waals surface area contributed by atoms with Crippen molar-refractivity contribution < 1.29 is 22.6 Å². The van der Waals surface area contributed by atoms with Crippen LogP contribution in [0.25, 0.3) is 0 Å². The van der Waals surface area contributed by atoms with Crippen molar-refractivity contribution >= 4 is 0 Å². The fraction of sp³-hybridized carbons (Fsp3) is 0.727. The zero-order chi connectivity index (χ0) is 19.2. The largest absolute Gasteiger partial charge is 0.348 e. The SMILES string of the molecule is CCCCCC1CCC(C2COC(c3cc(F)c(CF)c(F)c3)OC2)CC1. The highest BCUT2D eigenvalue weighted by Crippen LogP contribution is 2.39. The molecule has 27 heavy (non-hydrogen) atoms. The number of alkyl halides is 1. The van der Waals surface area contributed by atoms with Gasteiger partial charge in [0.05, 0.1) is 18.8 Å². The summed E-state index contributed by atoms with van der Waals surface area (Å²) >= 11 is 0. The van der Waals surface area contributed by atoms with Gasteiger partial charge in [0.2, 0.25) is 0 Å². The lowest BCUT2D eigenvalue weighted by atomic mass is 9.74. The van der Waals surface area contributed by atoms with Crippen LogP contribution in [0.3, 0.4) is 0 Å². The van der Waals surface area contributed by atoms with Gasteiger partial charge in [-0.3, -0.25) is 0 Å². The number of hydrogen-bond donors (Lipinski definition) is 0. The maximum Gasteiger partial charge on any atom is 0.184 e. The van der Waals surface area contributed by atoms with Crippen LogP contribution in [0.2, 0.25) is 0 Å². The maximum atomic E-state index is 13.8. The van der Waals surface area contributed by atoms with Gasteiger partial charge in [0.25, 0.3) is 0 Å². The third-order valence-electron chi connectivity index (χ3n) is 6.27. The van der Waals surface area contributed by atoms with Crippen LogP contribution in [0.4, 0.5) is 13.2 Å². The van der Waals surface area contributed by atoms with Crippen LogP contribution in [0.5, 0.6) is 0 Å². The van der Waals surface area contributed by atoms with Crippen molar-refractivity contribution in [3.05, 3.63) is 34.9 Å². The Morgan fingerprint density at radius 2 is 1.56 bits per heavy atom. The van der Waals surface area contributed by atoms with Gasteiger partial charge in [0.15, 0.2) is 6.29 Å². The molecule has 3 rings (SSSR count). The number of benzene rings is 1. The van der Waals surface area contributed by atoms with E-state index in [-0.39, 0.29) is 5.56 Å². The topological polar surface area (TPSA) is 18.5 Å². The molecular weight excluding hydrogens is 353 g/mol. The van der Waals surface area contributed by atoms with Crippen LogP contribution < -0.4 is 0 Å². The third kappa shape index (κ3) is 5.26. The van der Waals surface area contributed by atoms with E-state index in [1.807, 2.05) is 0 Å². The number of ether oxygens (including phenoxy) is 2. The smallest absolute Gasteiger partial charge is 0.184 e. The molecule has 0 radical (unpaired) electrons. The average molecular weight is 384 g/mol. The Bertz CT molecular complexity index is 568. The van der Waals surface area contributed by atoms with E-state index in [4.69, 9.17) is 9.47 Å². The fourth-order valence-corrected chi connectivity index (χ4v) is 4.50. The normalized spacial score (nSPS) is 29.0. The summed E-state index contributed by atoms with van der Waals surface area (Å²) in [4.78, 5) is 0. The Labute approximate surface area is 160 Å². The Kier molecular flexibility index (Phi) is 7.59. The van der Waals surface area contributed by atoms with E-state index in [0.717, 1.165) is 18.1 Å². The summed E-state index contributed by atoms with van der Waals surface area (Å²) in [6.07, 6.45) is 9.54. The molecule has 1 saturated heterocycles. The summed E-state index contributed by atoms with van der Waals surface area (Å²) in [7, 11) is 0. The van der Waals surface area contributed by atoms with Gasteiger partial charge in [-0.15, -0.1) is 0 Å². The van der Waals surface area contributed by atoms with Crippen LogP contribution in [0, 0.1) is 29.4 Å². The highest BCUT2D eigenvalue weighted by Gasteiger charge is 2.32. The fourth-order valence-electron chi connectivity index (χ4n) is 4.50. The van der Waals surface area contributed by atoms with Crippen LogP contribution >= 0.6 is 0 Å². The van der Waals surface area contributed by atoms with Crippen LogP contribution in [0.1, 0.15) is 75.7 Å². The molecule has 0 N–H and O–H groups in total. The molecule has 152 valence electrons. The summed E-state index contributed by atoms with van der Waals surface area (Å²) in [5.74, 6) is 0.0470. The zero-order valence-electron chi connectivity index (χ0n) is 16.2. The molecule has 0 unspecified atom stereocenters. The first-order valence-corrected chi connectivity index (χ1v) is 10.4. The summed E-state index contributed by atoms with van der Waals surface area (Å²) in [5.41, 5.74) is -0.261. The van der Waals surface area contributed by atoms with Crippen LogP contribution in [-0.2, 0) is 16.1 Å². The molecule has 1 heterocycles. The molecule has 1 aromatic carbocycles. The van der Waals surface area contributed by atoms with Crippen molar-refractivity contribution in [2.45, 2.75) is 71.3 Å². The van der Waals surface area contributed by atoms with Gasteiger partial charge in [0.1, 0.15) is 18.3 Å². The molecule has 0 amide bonds. The van der Waals surface area contributed by atoms with E-state index in [1.54, 1.807) is 0 Å². The lowest BCUT2D eigenvalue weighted by Gasteiger charge is -2.38. The molecule has 1 aliphatic heterocycles. The molecule has 0 bridgehead atoms. The van der Waals surface area contributed by atoms with Gasteiger partial charge >= 0.3 is 0 Å². The molecular formula is C22H31F3O2. The molecule has 0 atom stereocenters. The minimum atomic E-state index is -1.16. The highest BCUT2D eigenvalue weighted by atomic mass is 19.1. The second-order valence-electron chi connectivity index (χ2n) is 8.13. The Morgan fingerprint density at radius 3 is 2.11 bits per heavy atom. The molecule has 2 aliphatic rings. The minimum Gasteiger partial charge on any atom is -0.348 e. The second kappa shape index (κ2) is 9.92. The maximum absolute atomic E-state index is 13.8. The molecule has 0 aromatic heterocycles. The zero-order valence-corrected chi connectivity index (χ0v) is 16.2. The monoisotopic (exact) mass is 384 g/mol. The van der Waals surface area contributed by atoms with Crippen molar-refractivity contribution in [2.75, 3.05) is 13.2 Å². The number of unbranched alkanes of at least 4 members (excludes halogenated alkanes) is 2. The van der Waals surface area contributed by atoms with E-state index in [9.17, 15) is 13.2 Å². The number of halogens is 3. The molecule has 1 aromatic rings. The summed E-state index contributed by atoms with van der Waals surface area (Å²) < 4.78 is 51.8. The highest BCUT2D eigenvalue weighted by molar-refractivity contribution is 5.26. The summed E-state index contributed by atoms with van der Waals surface area (Å²) in [5, 5.41) is 0. The van der Waals surface area contributed by atoms with Crippen LogP contribution in [-0.4, -0.2) is 13.2 Å². The first kappa shape index (κ1) is 20.7. The molecule has 5 heteroatoms. The molecule has 2 fully saturated rings. The molecule has 1 saturated carbocycles. The van der Waals surface area contributed by atoms with Crippen molar-refractivity contribution in [3.8, 4) is 0 Å². The summed E-state index contributed by atoms with van der Waals surface area (Å²) in [6, 6.07) is 2.23. The second-order valence-corrected chi connectivity index (χ2v) is 8.13. The van der Waals surface area contributed by atoms with E-state index in [2.05, 4.69) is 6.92 Å². The van der Waals surface area contributed by atoms with Gasteiger partial charge in [-0.25, -0.2) is 13.2 Å². The number of rotatable bonds is 7.